The molecule has 0 radical (unpaired) electrons. The van der Waals surface area contributed by atoms with Crippen molar-refractivity contribution in [3.63, 3.8) is 0 Å². The third-order valence-corrected chi connectivity index (χ3v) is 5.45. The van der Waals surface area contributed by atoms with Crippen LogP contribution in [0.15, 0.2) is 36.4 Å². The fraction of sp³-hybridized carbons (Fsp3) is 0.391. The van der Waals surface area contributed by atoms with Crippen molar-refractivity contribution >= 4 is 34.7 Å². The van der Waals surface area contributed by atoms with Gasteiger partial charge in [0.25, 0.3) is 5.91 Å². The topological polar surface area (TPSA) is 38.1 Å². The first-order chi connectivity index (χ1) is 13.4. The van der Waals surface area contributed by atoms with Crippen LogP contribution in [0.4, 0.5) is 0 Å². The Balaban J connectivity index is 2.74. The molecule has 29 heavy (non-hydrogen) atoms. The van der Waals surface area contributed by atoms with Crippen LogP contribution in [0.5, 0.6) is 0 Å². The largest absolute Gasteiger partial charge is 0.335 e. The molecule has 1 aromatic carbocycles. The number of halogens is 2. The highest BCUT2D eigenvalue weighted by atomic mass is 35.5. The predicted molar refractivity (Wildman–Crippen MR) is 123 cm³/mol. The zero-order valence-electron chi connectivity index (χ0n) is 18.2. The minimum atomic E-state index is -0.331. The lowest BCUT2D eigenvalue weighted by Gasteiger charge is -2.31. The van der Waals surface area contributed by atoms with E-state index in [0.717, 1.165) is 23.3 Å². The molecule has 0 saturated heterocycles. The van der Waals surface area contributed by atoms with Crippen molar-refractivity contribution in [1.29, 1.82) is 0 Å². The van der Waals surface area contributed by atoms with Gasteiger partial charge in [-0.1, -0.05) is 48.4 Å². The number of hydrogen-bond donors (Lipinski definition) is 0. The summed E-state index contributed by atoms with van der Waals surface area (Å²) in [6, 6.07) is 5.21. The van der Waals surface area contributed by atoms with Crippen LogP contribution >= 0.6 is 23.2 Å². The second-order valence-corrected chi connectivity index (χ2v) is 9.14. The molecule has 2 rings (SSSR count). The lowest BCUT2D eigenvalue weighted by molar-refractivity contribution is 0.0648. The molecule has 0 bridgehead atoms. The van der Waals surface area contributed by atoms with E-state index >= 15 is 0 Å². The smallest absolute Gasteiger partial charge is 0.274 e. The Bertz CT molecular complexity index is 960. The maximum Gasteiger partial charge on any atom is 0.274 e. The van der Waals surface area contributed by atoms with Crippen molar-refractivity contribution in [2.45, 2.75) is 53.5 Å². The van der Waals surface area contributed by atoms with Crippen molar-refractivity contribution in [3.8, 4) is 5.69 Å². The number of benzene rings is 1. The Morgan fingerprint density at radius 2 is 1.79 bits per heavy atom. The molecule has 0 unspecified atom stereocenters. The minimum Gasteiger partial charge on any atom is -0.335 e. The quantitative estimate of drug-likeness (QED) is 0.490. The van der Waals surface area contributed by atoms with E-state index in [9.17, 15) is 4.79 Å². The molecule has 0 N–H and O–H groups in total. The van der Waals surface area contributed by atoms with Crippen LogP contribution in [-0.2, 0) is 0 Å². The normalized spacial score (nSPS) is 12.2. The Hall–Kier alpha value is -2.04. The third kappa shape index (κ3) is 5.12. The van der Waals surface area contributed by atoms with Crippen LogP contribution in [0.1, 0.15) is 62.8 Å². The number of carbonyl (C=O) groups is 1. The molecule has 6 heteroatoms. The van der Waals surface area contributed by atoms with Gasteiger partial charge in [-0.05, 0) is 64.8 Å². The van der Waals surface area contributed by atoms with Crippen LogP contribution in [0, 0.1) is 6.92 Å². The van der Waals surface area contributed by atoms with Gasteiger partial charge in [-0.25, -0.2) is 4.68 Å². The molecular weight excluding hydrogens is 405 g/mol. The SMILES string of the molecule is C=C(/C=C(\C)CC)c1c(C)c(C(=O)N(C)C(C)(C)C)nn1-c1cc(Cl)cc(Cl)c1. The van der Waals surface area contributed by atoms with Crippen LogP contribution in [0.2, 0.25) is 10.0 Å². The van der Waals surface area contributed by atoms with Gasteiger partial charge in [0.1, 0.15) is 0 Å². The van der Waals surface area contributed by atoms with Crippen molar-refractivity contribution in [3.05, 3.63) is 63.4 Å². The molecule has 0 saturated carbocycles. The highest BCUT2D eigenvalue weighted by Crippen LogP contribution is 2.30. The molecule has 0 aliphatic heterocycles. The summed E-state index contributed by atoms with van der Waals surface area (Å²) in [5.74, 6) is -0.146. The van der Waals surface area contributed by atoms with E-state index in [4.69, 9.17) is 23.2 Å². The summed E-state index contributed by atoms with van der Waals surface area (Å²) >= 11 is 12.4. The number of aromatic nitrogens is 2. The number of nitrogens with zero attached hydrogens (tertiary/aromatic N) is 3. The second kappa shape index (κ2) is 8.76. The average Bonchev–Trinajstić information content (AvgIpc) is 2.96. The predicted octanol–water partition coefficient (Wildman–Crippen LogP) is 6.73. The van der Waals surface area contributed by atoms with Gasteiger partial charge in [0.2, 0.25) is 0 Å². The van der Waals surface area contributed by atoms with E-state index in [1.165, 1.54) is 5.57 Å². The molecule has 156 valence electrons. The van der Waals surface area contributed by atoms with E-state index in [-0.39, 0.29) is 11.4 Å². The number of hydrogen-bond acceptors (Lipinski definition) is 2. The maximum atomic E-state index is 13.2. The van der Waals surface area contributed by atoms with Crippen LogP contribution in [0.25, 0.3) is 11.3 Å². The summed E-state index contributed by atoms with van der Waals surface area (Å²) in [4.78, 5) is 14.9. The van der Waals surface area contributed by atoms with E-state index in [1.54, 1.807) is 34.8 Å². The van der Waals surface area contributed by atoms with E-state index < -0.39 is 0 Å². The molecule has 1 heterocycles. The number of rotatable bonds is 5. The number of amides is 1. The summed E-state index contributed by atoms with van der Waals surface area (Å²) < 4.78 is 1.71. The molecule has 4 nitrogen and oxygen atoms in total. The number of carbonyl (C=O) groups excluding carboxylic acids is 1. The fourth-order valence-electron chi connectivity index (χ4n) is 2.86. The molecule has 1 aromatic heterocycles. The van der Waals surface area contributed by atoms with Crippen molar-refractivity contribution in [2.75, 3.05) is 7.05 Å². The summed E-state index contributed by atoms with van der Waals surface area (Å²) in [5, 5.41) is 5.66. The van der Waals surface area contributed by atoms with Crippen molar-refractivity contribution in [2.24, 2.45) is 0 Å². The first kappa shape index (κ1) is 23.2. The van der Waals surface area contributed by atoms with Gasteiger partial charge in [-0.15, -0.1) is 0 Å². The van der Waals surface area contributed by atoms with E-state index in [1.807, 2.05) is 33.8 Å². The summed E-state index contributed by atoms with van der Waals surface area (Å²) in [7, 11) is 1.78. The van der Waals surface area contributed by atoms with Gasteiger partial charge in [0, 0.05) is 28.2 Å². The Morgan fingerprint density at radius 1 is 1.24 bits per heavy atom. The van der Waals surface area contributed by atoms with Crippen LogP contribution < -0.4 is 0 Å². The molecule has 0 fully saturated rings. The van der Waals surface area contributed by atoms with E-state index in [2.05, 4.69) is 25.5 Å². The van der Waals surface area contributed by atoms with Crippen LogP contribution in [-0.4, -0.2) is 33.2 Å². The van der Waals surface area contributed by atoms with Gasteiger partial charge in [-0.3, -0.25) is 4.79 Å². The van der Waals surface area contributed by atoms with E-state index in [0.29, 0.717) is 21.4 Å². The summed E-state index contributed by atoms with van der Waals surface area (Å²) in [6.07, 6.45) is 2.93. The Labute approximate surface area is 183 Å². The number of allylic oxidation sites excluding steroid dienone is 3. The zero-order chi connectivity index (χ0) is 22.1. The van der Waals surface area contributed by atoms with Gasteiger partial charge in [0.15, 0.2) is 5.69 Å². The molecule has 0 aliphatic carbocycles. The van der Waals surface area contributed by atoms with Crippen molar-refractivity contribution in [1.82, 2.24) is 14.7 Å². The van der Waals surface area contributed by atoms with Crippen molar-refractivity contribution < 1.29 is 4.79 Å². The van der Waals surface area contributed by atoms with Gasteiger partial charge >= 0.3 is 0 Å². The lowest BCUT2D eigenvalue weighted by Crippen LogP contribution is -2.42. The minimum absolute atomic E-state index is 0.146. The summed E-state index contributed by atoms with van der Waals surface area (Å²) in [5.41, 5.74) is 4.24. The Kier molecular flexibility index (Phi) is 7.02. The molecule has 2 aromatic rings. The molecule has 0 aliphatic rings. The zero-order valence-corrected chi connectivity index (χ0v) is 19.7. The maximum absolute atomic E-state index is 13.2. The average molecular weight is 434 g/mol. The molecule has 0 spiro atoms. The standard InChI is InChI=1S/C23H29Cl2N3O/c1-9-14(2)10-15(3)21-16(4)20(22(29)27(8)23(5,6)7)26-28(21)19-12-17(24)11-18(25)13-19/h10-13H,3,9H2,1-2,4-8H3/b14-10+. The monoisotopic (exact) mass is 433 g/mol. The summed E-state index contributed by atoms with van der Waals surface area (Å²) in [6.45, 7) is 16.2. The first-order valence-corrected chi connectivity index (χ1v) is 10.3. The molecular formula is C23H29Cl2N3O. The lowest BCUT2D eigenvalue weighted by atomic mass is 10.0. The Morgan fingerprint density at radius 3 is 2.28 bits per heavy atom. The molecule has 0 atom stereocenters. The highest BCUT2D eigenvalue weighted by molar-refractivity contribution is 6.34. The van der Waals surface area contributed by atoms with Gasteiger partial charge in [-0.2, -0.15) is 5.10 Å². The molecule has 1 amide bonds. The first-order valence-electron chi connectivity index (χ1n) is 9.57. The van der Waals surface area contributed by atoms with Gasteiger partial charge < -0.3 is 4.90 Å². The fourth-order valence-corrected chi connectivity index (χ4v) is 3.37. The van der Waals surface area contributed by atoms with Gasteiger partial charge in [0.05, 0.1) is 11.4 Å². The van der Waals surface area contributed by atoms with Crippen LogP contribution in [0.3, 0.4) is 0 Å². The second-order valence-electron chi connectivity index (χ2n) is 8.27. The highest BCUT2D eigenvalue weighted by Gasteiger charge is 2.29. The third-order valence-electron chi connectivity index (χ3n) is 5.01.